The van der Waals surface area contributed by atoms with Gasteiger partial charge in [0, 0.05) is 23.6 Å². The second kappa shape index (κ2) is 5.05. The first-order valence-electron chi connectivity index (χ1n) is 6.29. The molecule has 0 aliphatic rings. The predicted molar refractivity (Wildman–Crippen MR) is 77.5 cm³/mol. The van der Waals surface area contributed by atoms with Crippen molar-refractivity contribution in [3.63, 3.8) is 0 Å². The molecule has 100 valence electrons. The summed E-state index contributed by atoms with van der Waals surface area (Å²) in [5.74, 6) is -0.420. The highest BCUT2D eigenvalue weighted by atomic mass is 16.1. The van der Waals surface area contributed by atoms with Crippen LogP contribution in [-0.2, 0) is 6.54 Å². The average Bonchev–Trinajstić information content (AvgIpc) is 2.88. The van der Waals surface area contributed by atoms with Gasteiger partial charge >= 0.3 is 0 Å². The molecule has 0 bridgehead atoms. The number of hydrogen-bond acceptors (Lipinski definition) is 3. The van der Waals surface area contributed by atoms with Gasteiger partial charge in [-0.05, 0) is 36.4 Å². The van der Waals surface area contributed by atoms with Crippen molar-refractivity contribution in [1.29, 1.82) is 0 Å². The molecule has 0 aliphatic carbocycles. The number of pyridine rings is 1. The molecule has 0 saturated heterocycles. The fourth-order valence-corrected chi connectivity index (χ4v) is 2.02. The van der Waals surface area contributed by atoms with Crippen LogP contribution in [0, 0.1) is 0 Å². The first-order valence-corrected chi connectivity index (χ1v) is 6.29. The van der Waals surface area contributed by atoms with Crippen LogP contribution in [0.25, 0.3) is 5.65 Å². The number of carbonyl (C=O) groups excluding carboxylic acids is 1. The highest BCUT2D eigenvalue weighted by Gasteiger charge is 2.02. The average molecular weight is 266 g/mol. The molecular formula is C15H14N4O. The third-order valence-corrected chi connectivity index (χ3v) is 3.06. The number of nitrogens with one attached hydrogen (secondary N) is 1. The summed E-state index contributed by atoms with van der Waals surface area (Å²) in [6, 6.07) is 13.0. The Kier molecular flexibility index (Phi) is 3.09. The number of carbonyl (C=O) groups is 1. The molecule has 5 nitrogen and oxygen atoms in total. The maximum absolute atomic E-state index is 11.0. The molecule has 3 aromatic rings. The molecule has 0 spiro atoms. The summed E-state index contributed by atoms with van der Waals surface area (Å²) in [6.45, 7) is 0.623. The van der Waals surface area contributed by atoms with E-state index in [1.54, 1.807) is 12.1 Å². The predicted octanol–water partition coefficient (Wildman–Crippen LogP) is 2.05. The largest absolute Gasteiger partial charge is 0.379 e. The van der Waals surface area contributed by atoms with E-state index in [9.17, 15) is 4.79 Å². The van der Waals surface area contributed by atoms with Crippen LogP contribution < -0.4 is 11.1 Å². The lowest BCUT2D eigenvalue weighted by Gasteiger charge is -2.04. The number of hydrogen-bond donors (Lipinski definition) is 2. The molecule has 5 heteroatoms. The zero-order valence-corrected chi connectivity index (χ0v) is 10.8. The number of aromatic nitrogens is 2. The fourth-order valence-electron chi connectivity index (χ4n) is 2.02. The topological polar surface area (TPSA) is 72.4 Å². The molecule has 0 radical (unpaired) electrons. The smallest absolute Gasteiger partial charge is 0.248 e. The van der Waals surface area contributed by atoms with Crippen LogP contribution in [0.1, 0.15) is 16.1 Å². The molecule has 0 fully saturated rings. The SMILES string of the molecule is NC(=O)c1ccc(NCc2cn3ccccc3n2)cc1. The van der Waals surface area contributed by atoms with E-state index in [1.165, 1.54) is 0 Å². The molecule has 3 N–H and O–H groups in total. The lowest BCUT2D eigenvalue weighted by atomic mass is 10.2. The van der Waals surface area contributed by atoms with Crippen molar-refractivity contribution >= 4 is 17.2 Å². The Balaban J connectivity index is 1.71. The third-order valence-electron chi connectivity index (χ3n) is 3.06. The van der Waals surface area contributed by atoms with Gasteiger partial charge in [-0.2, -0.15) is 0 Å². The molecule has 2 heterocycles. The highest BCUT2D eigenvalue weighted by Crippen LogP contribution is 2.11. The number of benzene rings is 1. The van der Waals surface area contributed by atoms with Gasteiger partial charge < -0.3 is 15.5 Å². The second-order valence-electron chi connectivity index (χ2n) is 4.49. The number of amides is 1. The summed E-state index contributed by atoms with van der Waals surface area (Å²) >= 11 is 0. The number of rotatable bonds is 4. The molecule has 0 saturated carbocycles. The van der Waals surface area contributed by atoms with Crippen LogP contribution in [0.2, 0.25) is 0 Å². The van der Waals surface area contributed by atoms with Crippen molar-refractivity contribution in [3.05, 3.63) is 66.1 Å². The fraction of sp³-hybridized carbons (Fsp3) is 0.0667. The van der Waals surface area contributed by atoms with Gasteiger partial charge in [-0.3, -0.25) is 4.79 Å². The monoisotopic (exact) mass is 266 g/mol. The normalized spacial score (nSPS) is 10.6. The quantitative estimate of drug-likeness (QED) is 0.759. The van der Waals surface area contributed by atoms with Gasteiger partial charge in [0.15, 0.2) is 0 Å². The summed E-state index contributed by atoms with van der Waals surface area (Å²) in [5, 5.41) is 3.26. The van der Waals surface area contributed by atoms with Crippen LogP contribution in [0.4, 0.5) is 5.69 Å². The minimum Gasteiger partial charge on any atom is -0.379 e. The molecule has 0 atom stereocenters. The Morgan fingerprint density at radius 2 is 2.00 bits per heavy atom. The molecule has 3 rings (SSSR count). The van der Waals surface area contributed by atoms with E-state index >= 15 is 0 Å². The summed E-state index contributed by atoms with van der Waals surface area (Å²) in [6.07, 6.45) is 3.95. The standard InChI is InChI=1S/C15H14N4O/c16-15(20)11-4-6-12(7-5-11)17-9-13-10-19-8-2-1-3-14(19)18-13/h1-8,10,17H,9H2,(H2,16,20). The number of imidazole rings is 1. The molecule has 0 aliphatic heterocycles. The van der Waals surface area contributed by atoms with Gasteiger partial charge in [0.2, 0.25) is 5.91 Å². The van der Waals surface area contributed by atoms with Crippen LogP contribution >= 0.6 is 0 Å². The van der Waals surface area contributed by atoms with Crippen molar-refractivity contribution in [2.24, 2.45) is 5.73 Å². The first kappa shape index (κ1) is 12.2. The highest BCUT2D eigenvalue weighted by molar-refractivity contribution is 5.93. The summed E-state index contributed by atoms with van der Waals surface area (Å²) in [5.41, 5.74) is 8.50. The van der Waals surface area contributed by atoms with E-state index in [0.29, 0.717) is 12.1 Å². The zero-order valence-electron chi connectivity index (χ0n) is 10.8. The van der Waals surface area contributed by atoms with Crippen LogP contribution in [0.15, 0.2) is 54.9 Å². The molecular weight excluding hydrogens is 252 g/mol. The number of anilines is 1. The maximum atomic E-state index is 11.0. The van der Waals surface area contributed by atoms with Gasteiger partial charge in [0.1, 0.15) is 5.65 Å². The van der Waals surface area contributed by atoms with E-state index in [4.69, 9.17) is 5.73 Å². The van der Waals surface area contributed by atoms with E-state index in [0.717, 1.165) is 17.0 Å². The maximum Gasteiger partial charge on any atom is 0.248 e. The number of primary amides is 1. The van der Waals surface area contributed by atoms with Crippen molar-refractivity contribution in [3.8, 4) is 0 Å². The molecule has 1 amide bonds. The minimum absolute atomic E-state index is 0.420. The first-order chi connectivity index (χ1) is 9.72. The van der Waals surface area contributed by atoms with Crippen molar-refractivity contribution < 1.29 is 4.79 Å². The lowest BCUT2D eigenvalue weighted by Crippen LogP contribution is -2.10. The summed E-state index contributed by atoms with van der Waals surface area (Å²) < 4.78 is 1.98. The molecule has 20 heavy (non-hydrogen) atoms. The van der Waals surface area contributed by atoms with E-state index in [1.807, 2.05) is 47.1 Å². The Morgan fingerprint density at radius 1 is 1.20 bits per heavy atom. The van der Waals surface area contributed by atoms with Crippen LogP contribution in [0.3, 0.4) is 0 Å². The Labute approximate surface area is 116 Å². The number of fused-ring (bicyclic) bond motifs is 1. The number of nitrogens with zero attached hydrogens (tertiary/aromatic N) is 2. The van der Waals surface area contributed by atoms with Crippen molar-refractivity contribution in [2.45, 2.75) is 6.54 Å². The Bertz CT molecular complexity index is 713. The van der Waals surface area contributed by atoms with Crippen LogP contribution in [0.5, 0.6) is 0 Å². The Morgan fingerprint density at radius 3 is 2.70 bits per heavy atom. The van der Waals surface area contributed by atoms with Gasteiger partial charge in [0.05, 0.1) is 12.2 Å². The van der Waals surface area contributed by atoms with Crippen molar-refractivity contribution in [1.82, 2.24) is 9.38 Å². The second-order valence-corrected chi connectivity index (χ2v) is 4.49. The third kappa shape index (κ3) is 2.47. The molecule has 2 aromatic heterocycles. The lowest BCUT2D eigenvalue weighted by molar-refractivity contribution is 0.100. The summed E-state index contributed by atoms with van der Waals surface area (Å²) in [7, 11) is 0. The van der Waals surface area contributed by atoms with E-state index < -0.39 is 5.91 Å². The number of nitrogens with two attached hydrogens (primary N) is 1. The van der Waals surface area contributed by atoms with E-state index in [-0.39, 0.29) is 0 Å². The van der Waals surface area contributed by atoms with Gasteiger partial charge in [-0.1, -0.05) is 6.07 Å². The van der Waals surface area contributed by atoms with E-state index in [2.05, 4.69) is 10.3 Å². The summed E-state index contributed by atoms with van der Waals surface area (Å²) in [4.78, 5) is 15.5. The van der Waals surface area contributed by atoms with Gasteiger partial charge in [-0.15, -0.1) is 0 Å². The Hall–Kier alpha value is -2.82. The van der Waals surface area contributed by atoms with Crippen molar-refractivity contribution in [2.75, 3.05) is 5.32 Å². The van der Waals surface area contributed by atoms with Gasteiger partial charge in [0.25, 0.3) is 0 Å². The zero-order chi connectivity index (χ0) is 13.9. The van der Waals surface area contributed by atoms with Crippen LogP contribution in [-0.4, -0.2) is 15.3 Å². The van der Waals surface area contributed by atoms with Gasteiger partial charge in [-0.25, -0.2) is 4.98 Å². The molecule has 0 unspecified atom stereocenters. The molecule has 1 aromatic carbocycles. The minimum atomic E-state index is -0.420.